The molecule has 32 heavy (non-hydrogen) atoms. The third-order valence-electron chi connectivity index (χ3n) is 5.59. The fourth-order valence-electron chi connectivity index (χ4n) is 3.46. The number of sulfonamides is 1. The Hall–Kier alpha value is -3.12. The fourth-order valence-corrected chi connectivity index (χ4v) is 4.34. The Balaban J connectivity index is 1.75. The lowest BCUT2D eigenvalue weighted by Crippen LogP contribution is -2.29. The van der Waals surface area contributed by atoms with Crippen LogP contribution in [0.15, 0.2) is 66.7 Å². The number of rotatable bonds is 7. The maximum atomic E-state index is 12.8. The first-order valence-electron chi connectivity index (χ1n) is 10.5. The number of nitrogens with zero attached hydrogens (tertiary/aromatic N) is 2. The molecule has 0 saturated heterocycles. The van der Waals surface area contributed by atoms with E-state index in [2.05, 4.69) is 0 Å². The first-order valence-corrected chi connectivity index (χ1v) is 12.3. The predicted octanol–water partition coefficient (Wildman–Crippen LogP) is 4.85. The summed E-state index contributed by atoms with van der Waals surface area (Å²) in [6.07, 6.45) is 1.21. The van der Waals surface area contributed by atoms with Gasteiger partial charge in [0.05, 0.1) is 18.5 Å². The molecule has 0 radical (unpaired) electrons. The van der Waals surface area contributed by atoms with Crippen molar-refractivity contribution in [3.63, 3.8) is 0 Å². The van der Waals surface area contributed by atoms with E-state index in [1.54, 1.807) is 24.1 Å². The zero-order valence-corrected chi connectivity index (χ0v) is 20.1. The molecule has 1 amide bonds. The zero-order chi connectivity index (χ0) is 23.5. The summed E-state index contributed by atoms with van der Waals surface area (Å²) in [6.45, 7) is 6.72. The molecule has 168 valence electrons. The minimum Gasteiger partial charge on any atom is -0.337 e. The van der Waals surface area contributed by atoms with Crippen LogP contribution in [-0.4, -0.2) is 32.5 Å². The lowest BCUT2D eigenvalue weighted by atomic mass is 10.1. The Bertz CT molecular complexity index is 1200. The van der Waals surface area contributed by atoms with E-state index < -0.39 is 10.0 Å². The Morgan fingerprint density at radius 1 is 0.781 bits per heavy atom. The summed E-state index contributed by atoms with van der Waals surface area (Å²) < 4.78 is 26.3. The van der Waals surface area contributed by atoms with E-state index in [0.29, 0.717) is 17.8 Å². The third kappa shape index (κ3) is 5.77. The van der Waals surface area contributed by atoms with Gasteiger partial charge in [0, 0.05) is 19.2 Å². The van der Waals surface area contributed by atoms with Crippen LogP contribution >= 0.6 is 0 Å². The lowest BCUT2D eigenvalue weighted by Gasteiger charge is -2.23. The van der Waals surface area contributed by atoms with Crippen molar-refractivity contribution in [2.24, 2.45) is 0 Å². The van der Waals surface area contributed by atoms with Crippen molar-refractivity contribution >= 4 is 21.6 Å². The highest BCUT2D eigenvalue weighted by molar-refractivity contribution is 7.92. The Morgan fingerprint density at radius 2 is 1.34 bits per heavy atom. The predicted molar refractivity (Wildman–Crippen MR) is 130 cm³/mol. The first kappa shape index (κ1) is 23.5. The van der Waals surface area contributed by atoms with Gasteiger partial charge in [0.2, 0.25) is 10.0 Å². The van der Waals surface area contributed by atoms with E-state index in [4.69, 9.17) is 0 Å². The van der Waals surface area contributed by atoms with Crippen LogP contribution in [0, 0.1) is 20.8 Å². The number of aryl methyl sites for hydroxylation is 3. The van der Waals surface area contributed by atoms with Crippen molar-refractivity contribution in [2.45, 2.75) is 33.9 Å². The molecule has 0 spiro atoms. The summed E-state index contributed by atoms with van der Waals surface area (Å²) in [5, 5.41) is 0. The molecule has 0 saturated carbocycles. The Labute approximate surface area is 191 Å². The van der Waals surface area contributed by atoms with Crippen molar-refractivity contribution in [3.8, 4) is 0 Å². The van der Waals surface area contributed by atoms with E-state index >= 15 is 0 Å². The van der Waals surface area contributed by atoms with E-state index in [1.165, 1.54) is 16.1 Å². The largest absolute Gasteiger partial charge is 0.337 e. The van der Waals surface area contributed by atoms with Gasteiger partial charge in [-0.05, 0) is 67.3 Å². The van der Waals surface area contributed by atoms with E-state index in [1.807, 2.05) is 75.4 Å². The number of hydrogen-bond acceptors (Lipinski definition) is 3. The Kier molecular flexibility index (Phi) is 7.04. The van der Waals surface area contributed by atoms with Crippen LogP contribution < -0.4 is 4.31 Å². The number of benzene rings is 3. The average molecular weight is 451 g/mol. The quantitative estimate of drug-likeness (QED) is 0.517. The van der Waals surface area contributed by atoms with Crippen LogP contribution in [0.4, 0.5) is 5.69 Å². The van der Waals surface area contributed by atoms with Gasteiger partial charge in [-0.1, -0.05) is 48.0 Å². The standard InChI is InChI=1S/C26H30N2O3S/c1-19-6-9-22(10-7-19)17-27(4)26(29)24-13-11-23(12-14-24)18-28(32(5,30)31)25-15-8-20(2)21(3)16-25/h6-16H,17-18H2,1-5H3. The van der Waals surface area contributed by atoms with Crippen LogP contribution in [0.25, 0.3) is 0 Å². The van der Waals surface area contributed by atoms with Crippen LogP contribution in [0.1, 0.15) is 38.2 Å². The topological polar surface area (TPSA) is 57.7 Å². The molecule has 0 aliphatic heterocycles. The van der Waals surface area contributed by atoms with E-state index in [0.717, 1.165) is 22.3 Å². The second kappa shape index (κ2) is 9.57. The molecule has 0 heterocycles. The summed E-state index contributed by atoms with van der Waals surface area (Å²) in [5.74, 6) is -0.0775. The summed E-state index contributed by atoms with van der Waals surface area (Å²) in [7, 11) is -1.69. The highest BCUT2D eigenvalue weighted by Gasteiger charge is 2.19. The van der Waals surface area contributed by atoms with Gasteiger partial charge in [-0.15, -0.1) is 0 Å². The first-order chi connectivity index (χ1) is 15.0. The minimum absolute atomic E-state index is 0.0775. The van der Waals surface area contributed by atoms with Gasteiger partial charge >= 0.3 is 0 Å². The second-order valence-electron chi connectivity index (χ2n) is 8.38. The number of carbonyl (C=O) groups excluding carboxylic acids is 1. The van der Waals surface area contributed by atoms with Crippen molar-refractivity contribution in [2.75, 3.05) is 17.6 Å². The average Bonchev–Trinajstić information content (AvgIpc) is 2.75. The van der Waals surface area contributed by atoms with E-state index in [-0.39, 0.29) is 12.5 Å². The monoisotopic (exact) mass is 450 g/mol. The summed E-state index contributed by atoms with van der Waals surface area (Å²) in [4.78, 5) is 14.5. The fraction of sp³-hybridized carbons (Fsp3) is 0.269. The smallest absolute Gasteiger partial charge is 0.253 e. The molecule has 0 aliphatic carbocycles. The molecule has 0 aromatic heterocycles. The highest BCUT2D eigenvalue weighted by Crippen LogP contribution is 2.24. The minimum atomic E-state index is -3.47. The van der Waals surface area contributed by atoms with Gasteiger partial charge in [0.25, 0.3) is 5.91 Å². The van der Waals surface area contributed by atoms with Gasteiger partial charge in [0.15, 0.2) is 0 Å². The molecule has 5 nitrogen and oxygen atoms in total. The van der Waals surface area contributed by atoms with Gasteiger partial charge in [-0.25, -0.2) is 8.42 Å². The Morgan fingerprint density at radius 3 is 1.91 bits per heavy atom. The van der Waals surface area contributed by atoms with Gasteiger partial charge < -0.3 is 4.90 Å². The van der Waals surface area contributed by atoms with Gasteiger partial charge in [-0.3, -0.25) is 9.10 Å². The van der Waals surface area contributed by atoms with Crippen molar-refractivity contribution in [1.82, 2.24) is 4.90 Å². The number of hydrogen-bond donors (Lipinski definition) is 0. The lowest BCUT2D eigenvalue weighted by molar-refractivity contribution is 0.0785. The number of carbonyl (C=O) groups is 1. The molecule has 0 bridgehead atoms. The normalized spacial score (nSPS) is 11.3. The molecule has 0 aliphatic rings. The number of anilines is 1. The maximum Gasteiger partial charge on any atom is 0.253 e. The second-order valence-corrected chi connectivity index (χ2v) is 10.3. The molecule has 3 aromatic rings. The van der Waals surface area contributed by atoms with E-state index in [9.17, 15) is 13.2 Å². The molecule has 0 N–H and O–H groups in total. The zero-order valence-electron chi connectivity index (χ0n) is 19.3. The SMILES string of the molecule is Cc1ccc(CN(C)C(=O)c2ccc(CN(c3ccc(C)c(C)c3)S(C)(=O)=O)cc2)cc1. The number of amides is 1. The van der Waals surface area contributed by atoms with Crippen molar-refractivity contribution in [3.05, 3.63) is 100 Å². The molecule has 0 fully saturated rings. The van der Waals surface area contributed by atoms with Crippen molar-refractivity contribution < 1.29 is 13.2 Å². The van der Waals surface area contributed by atoms with Gasteiger partial charge in [0.1, 0.15) is 0 Å². The van der Waals surface area contributed by atoms with Crippen molar-refractivity contribution in [1.29, 1.82) is 0 Å². The van der Waals surface area contributed by atoms with Crippen LogP contribution in [0.3, 0.4) is 0 Å². The molecular weight excluding hydrogens is 420 g/mol. The molecular formula is C26H30N2O3S. The molecule has 0 unspecified atom stereocenters. The third-order valence-corrected chi connectivity index (χ3v) is 6.73. The van der Waals surface area contributed by atoms with Crippen LogP contribution in [-0.2, 0) is 23.1 Å². The van der Waals surface area contributed by atoms with Crippen LogP contribution in [0.2, 0.25) is 0 Å². The summed E-state index contributed by atoms with van der Waals surface area (Å²) >= 11 is 0. The summed E-state index contributed by atoms with van der Waals surface area (Å²) in [5.41, 5.74) is 6.41. The molecule has 0 atom stereocenters. The summed E-state index contributed by atoms with van der Waals surface area (Å²) in [6, 6.07) is 20.9. The molecule has 3 aromatic carbocycles. The highest BCUT2D eigenvalue weighted by atomic mass is 32.2. The van der Waals surface area contributed by atoms with Crippen LogP contribution in [0.5, 0.6) is 0 Å². The molecule has 3 rings (SSSR count). The maximum absolute atomic E-state index is 12.8. The molecule has 6 heteroatoms. The van der Waals surface area contributed by atoms with Gasteiger partial charge in [-0.2, -0.15) is 0 Å².